The molecule has 0 bridgehead atoms. The number of para-hydroxylation sites is 1. The highest BCUT2D eigenvalue weighted by atomic mass is 35.5. The number of fused-ring (bicyclic) bond motifs is 1. The minimum atomic E-state index is -0.282. The zero-order chi connectivity index (χ0) is 24.1. The number of carbonyl (C=O) groups is 2. The molecule has 7 nitrogen and oxygen atoms in total. The number of likely N-dealkylation sites (N-methyl/N-ethyl adjacent to an activating group) is 1. The molecule has 0 aliphatic rings. The van der Waals surface area contributed by atoms with Gasteiger partial charge in [0.1, 0.15) is 0 Å². The SMILES string of the molecule is C=CCn1c(SCC(=O)N(C)CC(=O)Nc2c(C)cccc2C)nc2cc(Cl)ccc2c1=O. The van der Waals surface area contributed by atoms with E-state index in [0.717, 1.165) is 28.6 Å². The first kappa shape index (κ1) is 24.5. The molecule has 0 spiro atoms. The zero-order valence-corrected chi connectivity index (χ0v) is 20.3. The van der Waals surface area contributed by atoms with Crippen LogP contribution in [0.15, 0.2) is 59.0 Å². The Kier molecular flexibility index (Phi) is 7.94. The molecule has 0 saturated heterocycles. The summed E-state index contributed by atoms with van der Waals surface area (Å²) in [6, 6.07) is 10.6. The number of hydrogen-bond acceptors (Lipinski definition) is 5. The molecule has 0 saturated carbocycles. The first-order valence-electron chi connectivity index (χ1n) is 10.2. The van der Waals surface area contributed by atoms with Crippen LogP contribution in [0.3, 0.4) is 0 Å². The summed E-state index contributed by atoms with van der Waals surface area (Å²) < 4.78 is 1.47. The van der Waals surface area contributed by atoms with Crippen molar-refractivity contribution < 1.29 is 9.59 Å². The third-order valence-electron chi connectivity index (χ3n) is 5.07. The van der Waals surface area contributed by atoms with E-state index in [0.29, 0.717) is 21.1 Å². The van der Waals surface area contributed by atoms with Gasteiger partial charge in [0.25, 0.3) is 5.56 Å². The molecule has 1 aromatic heterocycles. The Morgan fingerprint density at radius 1 is 1.24 bits per heavy atom. The Morgan fingerprint density at radius 3 is 2.61 bits per heavy atom. The van der Waals surface area contributed by atoms with Crippen LogP contribution < -0.4 is 10.9 Å². The minimum absolute atomic E-state index is 0.0167. The number of carbonyl (C=O) groups excluding carboxylic acids is 2. The van der Waals surface area contributed by atoms with Crippen molar-refractivity contribution in [1.82, 2.24) is 14.5 Å². The molecule has 33 heavy (non-hydrogen) atoms. The van der Waals surface area contributed by atoms with E-state index in [2.05, 4.69) is 16.9 Å². The topological polar surface area (TPSA) is 84.3 Å². The van der Waals surface area contributed by atoms with Gasteiger partial charge in [-0.15, -0.1) is 6.58 Å². The number of aryl methyl sites for hydroxylation is 2. The largest absolute Gasteiger partial charge is 0.336 e. The highest BCUT2D eigenvalue weighted by Crippen LogP contribution is 2.21. The molecule has 0 aliphatic carbocycles. The molecule has 9 heteroatoms. The summed E-state index contributed by atoms with van der Waals surface area (Å²) in [5.41, 5.74) is 2.90. The monoisotopic (exact) mass is 484 g/mol. The smallest absolute Gasteiger partial charge is 0.262 e. The fourth-order valence-corrected chi connectivity index (χ4v) is 4.42. The Hall–Kier alpha value is -3.10. The van der Waals surface area contributed by atoms with Crippen molar-refractivity contribution in [3.05, 3.63) is 75.6 Å². The molecule has 1 heterocycles. The van der Waals surface area contributed by atoms with Gasteiger partial charge in [0.15, 0.2) is 5.16 Å². The van der Waals surface area contributed by atoms with Crippen molar-refractivity contribution in [2.75, 3.05) is 24.7 Å². The van der Waals surface area contributed by atoms with E-state index in [1.165, 1.54) is 9.47 Å². The van der Waals surface area contributed by atoms with Crippen molar-refractivity contribution in [2.45, 2.75) is 25.5 Å². The van der Waals surface area contributed by atoms with Crippen molar-refractivity contribution in [2.24, 2.45) is 0 Å². The lowest BCUT2D eigenvalue weighted by atomic mass is 10.1. The number of anilines is 1. The quantitative estimate of drug-likeness (QED) is 0.296. The molecule has 0 unspecified atom stereocenters. The molecular weight excluding hydrogens is 460 g/mol. The number of nitrogens with one attached hydrogen (secondary N) is 1. The van der Waals surface area contributed by atoms with Crippen LogP contribution in [0, 0.1) is 13.8 Å². The number of thioether (sulfide) groups is 1. The predicted octanol–water partition coefficient (Wildman–Crippen LogP) is 4.04. The summed E-state index contributed by atoms with van der Waals surface area (Å²) in [5.74, 6) is -0.527. The summed E-state index contributed by atoms with van der Waals surface area (Å²) >= 11 is 7.18. The van der Waals surface area contributed by atoms with Crippen LogP contribution in [0.4, 0.5) is 5.69 Å². The summed E-state index contributed by atoms with van der Waals surface area (Å²) in [5, 5.41) is 4.17. The summed E-state index contributed by atoms with van der Waals surface area (Å²) in [6.45, 7) is 7.70. The average Bonchev–Trinajstić information content (AvgIpc) is 2.76. The highest BCUT2D eigenvalue weighted by Gasteiger charge is 2.17. The van der Waals surface area contributed by atoms with Crippen molar-refractivity contribution in [1.29, 1.82) is 0 Å². The van der Waals surface area contributed by atoms with Crippen LogP contribution in [0.2, 0.25) is 5.02 Å². The minimum Gasteiger partial charge on any atom is -0.336 e. The molecule has 2 aromatic carbocycles. The van der Waals surface area contributed by atoms with E-state index in [1.807, 2.05) is 32.0 Å². The number of benzene rings is 2. The Labute approximate surface area is 201 Å². The summed E-state index contributed by atoms with van der Waals surface area (Å²) in [4.78, 5) is 43.9. The van der Waals surface area contributed by atoms with Gasteiger partial charge in [-0.3, -0.25) is 19.0 Å². The zero-order valence-electron chi connectivity index (χ0n) is 18.7. The van der Waals surface area contributed by atoms with Crippen molar-refractivity contribution in [3.8, 4) is 0 Å². The lowest BCUT2D eigenvalue weighted by Crippen LogP contribution is -2.36. The summed E-state index contributed by atoms with van der Waals surface area (Å²) in [7, 11) is 1.57. The Balaban J connectivity index is 1.70. The van der Waals surface area contributed by atoms with E-state index in [9.17, 15) is 14.4 Å². The lowest BCUT2D eigenvalue weighted by molar-refractivity contribution is -0.131. The lowest BCUT2D eigenvalue weighted by Gasteiger charge is -2.18. The van der Waals surface area contributed by atoms with Crippen LogP contribution in [-0.2, 0) is 16.1 Å². The maximum Gasteiger partial charge on any atom is 0.262 e. The second-order valence-electron chi connectivity index (χ2n) is 7.61. The van der Waals surface area contributed by atoms with Gasteiger partial charge in [0.05, 0.1) is 23.2 Å². The standard InChI is InChI=1S/C24H25ClN4O3S/c1-5-11-29-23(32)18-10-9-17(25)12-19(18)26-24(29)33-14-21(31)28(4)13-20(30)27-22-15(2)7-6-8-16(22)3/h5-10,12H,1,11,13-14H2,2-4H3,(H,27,30). The molecule has 3 rings (SSSR count). The molecule has 2 amide bonds. The van der Waals surface area contributed by atoms with E-state index < -0.39 is 0 Å². The van der Waals surface area contributed by atoms with Crippen LogP contribution >= 0.6 is 23.4 Å². The number of allylic oxidation sites excluding steroid dienone is 1. The van der Waals surface area contributed by atoms with Gasteiger partial charge in [-0.1, -0.05) is 47.6 Å². The maximum atomic E-state index is 12.9. The van der Waals surface area contributed by atoms with Crippen LogP contribution in [0.25, 0.3) is 10.9 Å². The van der Waals surface area contributed by atoms with Gasteiger partial charge < -0.3 is 10.2 Å². The number of aromatic nitrogens is 2. The van der Waals surface area contributed by atoms with Gasteiger partial charge >= 0.3 is 0 Å². The average molecular weight is 485 g/mol. The molecule has 0 radical (unpaired) electrons. The molecular formula is C24H25ClN4O3S. The first-order chi connectivity index (χ1) is 15.7. The second kappa shape index (κ2) is 10.7. The number of hydrogen-bond donors (Lipinski definition) is 1. The summed E-state index contributed by atoms with van der Waals surface area (Å²) in [6.07, 6.45) is 1.60. The van der Waals surface area contributed by atoms with Crippen LogP contribution in [0.1, 0.15) is 11.1 Å². The highest BCUT2D eigenvalue weighted by molar-refractivity contribution is 7.99. The molecule has 0 aliphatic heterocycles. The number of amides is 2. The van der Waals surface area contributed by atoms with Crippen molar-refractivity contribution in [3.63, 3.8) is 0 Å². The van der Waals surface area contributed by atoms with Crippen LogP contribution in [-0.4, -0.2) is 45.6 Å². The molecule has 0 fully saturated rings. The van der Waals surface area contributed by atoms with Gasteiger partial charge in [-0.2, -0.15) is 0 Å². The van der Waals surface area contributed by atoms with Gasteiger partial charge in [-0.25, -0.2) is 4.98 Å². The fourth-order valence-electron chi connectivity index (χ4n) is 3.30. The number of rotatable bonds is 8. The molecule has 0 atom stereocenters. The first-order valence-corrected chi connectivity index (χ1v) is 11.6. The molecule has 172 valence electrons. The predicted molar refractivity (Wildman–Crippen MR) is 134 cm³/mol. The fraction of sp³-hybridized carbons (Fsp3) is 0.250. The van der Waals surface area contributed by atoms with E-state index >= 15 is 0 Å². The number of nitrogens with zero attached hydrogens (tertiary/aromatic N) is 3. The second-order valence-corrected chi connectivity index (χ2v) is 8.99. The van der Waals surface area contributed by atoms with Crippen LogP contribution in [0.5, 0.6) is 0 Å². The Bertz CT molecular complexity index is 1270. The van der Waals surface area contributed by atoms with Gasteiger partial charge in [-0.05, 0) is 43.2 Å². The normalized spacial score (nSPS) is 10.8. The van der Waals surface area contributed by atoms with E-state index in [1.54, 1.807) is 31.3 Å². The van der Waals surface area contributed by atoms with Crippen molar-refractivity contribution >= 4 is 51.8 Å². The maximum absolute atomic E-state index is 12.9. The van der Waals surface area contributed by atoms with Gasteiger partial charge in [0, 0.05) is 24.3 Å². The van der Waals surface area contributed by atoms with Gasteiger partial charge in [0.2, 0.25) is 11.8 Å². The van der Waals surface area contributed by atoms with E-state index in [4.69, 9.17) is 11.6 Å². The molecule has 3 aromatic rings. The molecule has 1 N–H and O–H groups in total. The third-order valence-corrected chi connectivity index (χ3v) is 6.27. The van der Waals surface area contributed by atoms with E-state index in [-0.39, 0.29) is 36.2 Å². The number of halogens is 1. The third kappa shape index (κ3) is 5.83. The Morgan fingerprint density at radius 2 is 1.94 bits per heavy atom.